The Labute approximate surface area is 137 Å². The topological polar surface area (TPSA) is 3.24 Å². The van der Waals surface area contributed by atoms with E-state index >= 15 is 0 Å². The molecule has 0 amide bonds. The van der Waals surface area contributed by atoms with Gasteiger partial charge in [-0.05, 0) is 62.8 Å². The first-order valence-electron chi connectivity index (χ1n) is 8.51. The molecule has 1 aromatic carbocycles. The first-order valence-corrected chi connectivity index (χ1v) is 8.51. The van der Waals surface area contributed by atoms with Crippen molar-refractivity contribution in [3.05, 3.63) is 52.6 Å². The molecule has 0 radical (unpaired) electrons. The van der Waals surface area contributed by atoms with Crippen LogP contribution in [0.3, 0.4) is 0 Å². The molecule has 0 heterocycles. The summed E-state index contributed by atoms with van der Waals surface area (Å²) in [5, 5.41) is 0. The maximum absolute atomic E-state index is 4.43. The van der Waals surface area contributed by atoms with Crippen molar-refractivity contribution in [2.24, 2.45) is 0 Å². The highest BCUT2D eigenvalue weighted by atomic mass is 15.1. The molecule has 0 spiro atoms. The van der Waals surface area contributed by atoms with Gasteiger partial charge in [0.2, 0.25) is 0 Å². The molecular weight excluding hydrogens is 266 g/mol. The van der Waals surface area contributed by atoms with Gasteiger partial charge in [-0.1, -0.05) is 45.1 Å². The highest BCUT2D eigenvalue weighted by molar-refractivity contribution is 5.70. The number of hydrogen-bond donors (Lipinski definition) is 0. The van der Waals surface area contributed by atoms with E-state index in [0.29, 0.717) is 0 Å². The summed E-state index contributed by atoms with van der Waals surface area (Å²) in [4.78, 5) is 2.40. The lowest BCUT2D eigenvalue weighted by Crippen LogP contribution is -2.26. The molecule has 0 saturated carbocycles. The van der Waals surface area contributed by atoms with Gasteiger partial charge in [0, 0.05) is 24.4 Å². The Hall–Kier alpha value is -1.50. The van der Waals surface area contributed by atoms with Crippen LogP contribution in [0, 0.1) is 27.7 Å². The summed E-state index contributed by atoms with van der Waals surface area (Å²) < 4.78 is 0. The van der Waals surface area contributed by atoms with Crippen LogP contribution in [0.25, 0.3) is 5.70 Å². The van der Waals surface area contributed by atoms with Gasteiger partial charge in [-0.2, -0.15) is 0 Å². The van der Waals surface area contributed by atoms with E-state index in [9.17, 15) is 0 Å². The fourth-order valence-corrected chi connectivity index (χ4v) is 3.17. The quantitative estimate of drug-likeness (QED) is 0.535. The third-order valence-electron chi connectivity index (χ3n) is 4.54. The van der Waals surface area contributed by atoms with Crippen LogP contribution in [0.4, 0.5) is 0 Å². The highest BCUT2D eigenvalue weighted by Crippen LogP contribution is 2.29. The third kappa shape index (κ3) is 4.25. The summed E-state index contributed by atoms with van der Waals surface area (Å²) in [5.41, 5.74) is 9.21. The molecule has 0 fully saturated rings. The molecule has 1 nitrogen and oxygen atoms in total. The van der Waals surface area contributed by atoms with Crippen LogP contribution in [0.2, 0.25) is 0 Å². The summed E-state index contributed by atoms with van der Waals surface area (Å²) in [6, 6.07) is 2.29. The van der Waals surface area contributed by atoms with Gasteiger partial charge in [-0.25, -0.2) is 0 Å². The number of nitrogens with zero attached hydrogens (tertiary/aromatic N) is 1. The van der Waals surface area contributed by atoms with Gasteiger partial charge in [0.05, 0.1) is 0 Å². The Bertz CT molecular complexity index is 552. The minimum atomic E-state index is 0.923. The summed E-state index contributed by atoms with van der Waals surface area (Å²) in [5.74, 6) is 0. The minimum Gasteiger partial charge on any atom is -0.368 e. The zero-order valence-electron chi connectivity index (χ0n) is 15.5. The predicted molar refractivity (Wildman–Crippen MR) is 100 cm³/mol. The molecule has 0 aliphatic heterocycles. The van der Waals surface area contributed by atoms with E-state index in [1.807, 2.05) is 0 Å². The molecule has 1 heteroatoms. The van der Waals surface area contributed by atoms with Gasteiger partial charge in [0.1, 0.15) is 0 Å². The van der Waals surface area contributed by atoms with Gasteiger partial charge >= 0.3 is 0 Å². The monoisotopic (exact) mass is 299 g/mol. The SMILES string of the molecule is C=C(CCC)CN(CCC)C(=C)c1c(C)cc(C)c(C)c1C. The van der Waals surface area contributed by atoms with Gasteiger partial charge in [0.15, 0.2) is 0 Å². The molecule has 0 atom stereocenters. The van der Waals surface area contributed by atoms with Crippen LogP contribution in [-0.2, 0) is 0 Å². The van der Waals surface area contributed by atoms with Crippen LogP contribution in [-0.4, -0.2) is 18.0 Å². The normalized spacial score (nSPS) is 10.6. The molecule has 0 unspecified atom stereocenters. The molecule has 1 rings (SSSR count). The lowest BCUT2D eigenvalue weighted by atomic mass is 9.92. The van der Waals surface area contributed by atoms with Crippen molar-refractivity contribution in [1.82, 2.24) is 4.90 Å². The average Bonchev–Trinajstić information content (AvgIpc) is 2.44. The Morgan fingerprint density at radius 2 is 1.59 bits per heavy atom. The van der Waals surface area contributed by atoms with Crippen molar-refractivity contribution < 1.29 is 0 Å². The third-order valence-corrected chi connectivity index (χ3v) is 4.54. The second kappa shape index (κ2) is 8.22. The molecule has 0 saturated heterocycles. The lowest BCUT2D eigenvalue weighted by Gasteiger charge is -2.30. The number of hydrogen-bond acceptors (Lipinski definition) is 1. The van der Waals surface area contributed by atoms with Gasteiger partial charge in [-0.15, -0.1) is 0 Å². The largest absolute Gasteiger partial charge is 0.368 e. The van der Waals surface area contributed by atoms with E-state index in [2.05, 4.69) is 65.7 Å². The van der Waals surface area contributed by atoms with Crippen molar-refractivity contribution in [2.45, 2.75) is 60.8 Å². The smallest absolute Gasteiger partial charge is 0.0386 e. The summed E-state index contributed by atoms with van der Waals surface area (Å²) in [6.07, 6.45) is 3.38. The van der Waals surface area contributed by atoms with E-state index in [1.54, 1.807) is 0 Å². The van der Waals surface area contributed by atoms with Crippen molar-refractivity contribution >= 4 is 5.70 Å². The van der Waals surface area contributed by atoms with E-state index in [-0.39, 0.29) is 0 Å². The van der Waals surface area contributed by atoms with Gasteiger partial charge in [0.25, 0.3) is 0 Å². The van der Waals surface area contributed by atoms with Crippen molar-refractivity contribution in [1.29, 1.82) is 0 Å². The van der Waals surface area contributed by atoms with Crippen molar-refractivity contribution in [3.8, 4) is 0 Å². The zero-order chi connectivity index (χ0) is 16.9. The first kappa shape index (κ1) is 18.5. The van der Waals surface area contributed by atoms with E-state index in [0.717, 1.165) is 38.0 Å². The highest BCUT2D eigenvalue weighted by Gasteiger charge is 2.16. The van der Waals surface area contributed by atoms with Gasteiger partial charge < -0.3 is 4.90 Å². The molecular formula is C21H33N. The molecule has 22 heavy (non-hydrogen) atoms. The van der Waals surface area contributed by atoms with Crippen LogP contribution >= 0.6 is 0 Å². The second-order valence-electron chi connectivity index (χ2n) is 6.50. The summed E-state index contributed by atoms with van der Waals surface area (Å²) >= 11 is 0. The molecule has 122 valence electrons. The average molecular weight is 300 g/mol. The Kier molecular flexibility index (Phi) is 6.93. The van der Waals surface area contributed by atoms with Crippen LogP contribution in [0.1, 0.15) is 60.9 Å². The summed E-state index contributed by atoms with van der Waals surface area (Å²) in [7, 11) is 0. The molecule has 0 N–H and O–H groups in total. The Balaban J connectivity index is 3.14. The summed E-state index contributed by atoms with van der Waals surface area (Å²) in [6.45, 7) is 23.9. The van der Waals surface area contributed by atoms with Crippen LogP contribution < -0.4 is 0 Å². The van der Waals surface area contributed by atoms with Crippen LogP contribution in [0.5, 0.6) is 0 Å². The number of rotatable bonds is 8. The molecule has 0 aliphatic rings. The Morgan fingerprint density at radius 1 is 0.955 bits per heavy atom. The number of benzene rings is 1. The molecule has 1 aromatic rings. The molecule has 0 bridgehead atoms. The molecule has 0 aromatic heterocycles. The minimum absolute atomic E-state index is 0.923. The van der Waals surface area contributed by atoms with Gasteiger partial charge in [-0.3, -0.25) is 0 Å². The van der Waals surface area contributed by atoms with Crippen LogP contribution in [0.15, 0.2) is 24.8 Å². The second-order valence-corrected chi connectivity index (χ2v) is 6.50. The van der Waals surface area contributed by atoms with Crippen molar-refractivity contribution in [2.75, 3.05) is 13.1 Å². The maximum Gasteiger partial charge on any atom is 0.0386 e. The standard InChI is InChI=1S/C21H33N/c1-9-11-15(3)14-22(12-10-2)20(8)21-17(5)13-16(4)18(6)19(21)7/h13H,3,8-12,14H2,1-2,4-7H3. The van der Waals surface area contributed by atoms with E-state index < -0.39 is 0 Å². The van der Waals surface area contributed by atoms with Crippen molar-refractivity contribution in [3.63, 3.8) is 0 Å². The first-order chi connectivity index (χ1) is 10.3. The van der Waals surface area contributed by atoms with E-state index in [1.165, 1.54) is 33.4 Å². The Morgan fingerprint density at radius 3 is 2.14 bits per heavy atom. The molecule has 0 aliphatic carbocycles. The fraction of sp³-hybridized carbons (Fsp3) is 0.524. The maximum atomic E-state index is 4.43. The fourth-order valence-electron chi connectivity index (χ4n) is 3.17. The lowest BCUT2D eigenvalue weighted by molar-refractivity contribution is 0.423. The zero-order valence-corrected chi connectivity index (χ0v) is 15.5. The predicted octanol–water partition coefficient (Wildman–Crippen LogP) is 5.96. The number of aryl methyl sites for hydroxylation is 2. The van der Waals surface area contributed by atoms with E-state index in [4.69, 9.17) is 0 Å².